The van der Waals surface area contributed by atoms with E-state index < -0.39 is 0 Å². The number of likely N-dealkylation sites (tertiary alicyclic amines) is 1. The van der Waals surface area contributed by atoms with Crippen LogP contribution in [0.2, 0.25) is 0 Å². The van der Waals surface area contributed by atoms with Gasteiger partial charge >= 0.3 is 0 Å². The van der Waals surface area contributed by atoms with Crippen LogP contribution in [0.1, 0.15) is 44.2 Å². The molecule has 0 amide bonds. The first-order valence-corrected chi connectivity index (χ1v) is 10.0. The van der Waals surface area contributed by atoms with Crippen molar-refractivity contribution in [3.63, 3.8) is 0 Å². The summed E-state index contributed by atoms with van der Waals surface area (Å²) in [5.74, 6) is 2.37. The lowest BCUT2D eigenvalue weighted by Crippen LogP contribution is -2.41. The molecule has 1 aliphatic heterocycles. The van der Waals surface area contributed by atoms with Crippen molar-refractivity contribution < 1.29 is 4.74 Å². The van der Waals surface area contributed by atoms with Crippen molar-refractivity contribution in [2.24, 2.45) is 12.0 Å². The minimum Gasteiger partial charge on any atom is -0.492 e. The van der Waals surface area contributed by atoms with E-state index in [2.05, 4.69) is 59.4 Å². The Balaban J connectivity index is 1.43. The van der Waals surface area contributed by atoms with Crippen molar-refractivity contribution in [1.82, 2.24) is 20.0 Å². The van der Waals surface area contributed by atoms with Crippen molar-refractivity contribution in [3.8, 4) is 5.75 Å². The van der Waals surface area contributed by atoms with Gasteiger partial charge in [-0.15, -0.1) is 0 Å². The van der Waals surface area contributed by atoms with Crippen molar-refractivity contribution >= 4 is 5.96 Å². The molecular weight excluding hydrogens is 350 g/mol. The van der Waals surface area contributed by atoms with Gasteiger partial charge in [0.15, 0.2) is 5.96 Å². The smallest absolute Gasteiger partial charge is 0.193 e. The van der Waals surface area contributed by atoms with E-state index in [1.165, 1.54) is 11.1 Å². The zero-order valence-corrected chi connectivity index (χ0v) is 17.8. The van der Waals surface area contributed by atoms with Crippen LogP contribution in [0.25, 0.3) is 0 Å². The first-order valence-electron chi connectivity index (χ1n) is 10.0. The van der Waals surface area contributed by atoms with Crippen molar-refractivity contribution in [3.05, 3.63) is 47.8 Å². The molecule has 0 saturated carbocycles. The van der Waals surface area contributed by atoms with Crippen LogP contribution in [0, 0.1) is 0 Å². The number of ether oxygens (including phenoxy) is 1. The molecule has 0 bridgehead atoms. The Hall–Kier alpha value is -2.50. The molecule has 1 aromatic carbocycles. The third kappa shape index (κ3) is 5.06. The number of nitrogens with zero attached hydrogens (tertiary/aromatic N) is 4. The molecule has 1 unspecified atom stereocenters. The number of nitrogens with one attached hydrogen (secondary N) is 1. The molecule has 6 nitrogen and oxygen atoms in total. The SMILES string of the molecule is CN=C(NCCOc1ccc(C(C)(C)C)cc1)N1CCC(c2cnn(C)c2)C1. The molecule has 152 valence electrons. The Labute approximate surface area is 168 Å². The number of hydrogen-bond acceptors (Lipinski definition) is 3. The van der Waals surface area contributed by atoms with Crippen LogP contribution in [0.15, 0.2) is 41.7 Å². The van der Waals surface area contributed by atoms with E-state index in [1.807, 2.05) is 37.1 Å². The van der Waals surface area contributed by atoms with Gasteiger partial charge in [0.05, 0.1) is 12.7 Å². The van der Waals surface area contributed by atoms with Gasteiger partial charge in [-0.05, 0) is 35.1 Å². The molecule has 0 spiro atoms. The van der Waals surface area contributed by atoms with Gasteiger partial charge in [0.1, 0.15) is 12.4 Å². The van der Waals surface area contributed by atoms with Gasteiger partial charge in [0.2, 0.25) is 0 Å². The summed E-state index contributed by atoms with van der Waals surface area (Å²) >= 11 is 0. The largest absolute Gasteiger partial charge is 0.492 e. The van der Waals surface area contributed by atoms with E-state index in [0.29, 0.717) is 12.5 Å². The highest BCUT2D eigenvalue weighted by molar-refractivity contribution is 5.80. The second-order valence-electron chi connectivity index (χ2n) is 8.48. The fraction of sp³-hybridized carbons (Fsp3) is 0.545. The van der Waals surface area contributed by atoms with Gasteiger partial charge in [0.25, 0.3) is 0 Å². The number of aliphatic imine (C=N–C) groups is 1. The summed E-state index contributed by atoms with van der Waals surface area (Å²) in [7, 11) is 3.80. The number of hydrogen-bond donors (Lipinski definition) is 1. The van der Waals surface area contributed by atoms with E-state index in [-0.39, 0.29) is 5.41 Å². The molecule has 0 aliphatic carbocycles. The number of aromatic nitrogens is 2. The van der Waals surface area contributed by atoms with Crippen LogP contribution in [0.5, 0.6) is 5.75 Å². The lowest BCUT2D eigenvalue weighted by molar-refractivity contribution is 0.319. The molecule has 2 heterocycles. The maximum absolute atomic E-state index is 5.88. The maximum Gasteiger partial charge on any atom is 0.193 e. The van der Waals surface area contributed by atoms with Crippen LogP contribution >= 0.6 is 0 Å². The van der Waals surface area contributed by atoms with Crippen LogP contribution in [0.3, 0.4) is 0 Å². The minimum atomic E-state index is 0.163. The fourth-order valence-corrected chi connectivity index (χ4v) is 3.59. The molecule has 1 aliphatic rings. The Bertz CT molecular complexity index is 788. The quantitative estimate of drug-likeness (QED) is 0.490. The molecule has 28 heavy (non-hydrogen) atoms. The fourth-order valence-electron chi connectivity index (χ4n) is 3.59. The van der Waals surface area contributed by atoms with Crippen molar-refractivity contribution in [1.29, 1.82) is 0 Å². The topological polar surface area (TPSA) is 54.7 Å². The standard InChI is InChI=1S/C22H33N5O/c1-22(2,3)19-6-8-20(9-7-19)28-13-11-24-21(23-4)27-12-10-17(16-27)18-14-25-26(5)15-18/h6-9,14-15,17H,10-13,16H2,1-5H3,(H,23,24). The maximum atomic E-state index is 5.88. The highest BCUT2D eigenvalue weighted by Gasteiger charge is 2.26. The van der Waals surface area contributed by atoms with Crippen LogP contribution in [-0.2, 0) is 12.5 Å². The minimum absolute atomic E-state index is 0.163. The number of guanidine groups is 1. The van der Waals surface area contributed by atoms with Crippen molar-refractivity contribution in [2.75, 3.05) is 33.3 Å². The predicted molar refractivity (Wildman–Crippen MR) is 114 cm³/mol. The molecule has 1 N–H and O–H groups in total. The van der Waals surface area contributed by atoms with E-state index in [0.717, 1.165) is 37.8 Å². The third-order valence-electron chi connectivity index (χ3n) is 5.27. The molecular formula is C22H33N5O. The lowest BCUT2D eigenvalue weighted by atomic mass is 9.87. The molecule has 1 saturated heterocycles. The first kappa shape index (κ1) is 20.2. The summed E-state index contributed by atoms with van der Waals surface area (Å²) in [4.78, 5) is 6.76. The zero-order valence-electron chi connectivity index (χ0n) is 17.8. The van der Waals surface area contributed by atoms with E-state index in [1.54, 1.807) is 0 Å². The summed E-state index contributed by atoms with van der Waals surface area (Å²) in [6.45, 7) is 9.96. The molecule has 1 atom stereocenters. The van der Waals surface area contributed by atoms with Gasteiger partial charge in [-0.2, -0.15) is 5.10 Å². The number of aryl methyl sites for hydroxylation is 1. The molecule has 0 radical (unpaired) electrons. The van der Waals surface area contributed by atoms with Gasteiger partial charge in [0, 0.05) is 39.3 Å². The Kier molecular flexibility index (Phi) is 6.27. The third-order valence-corrected chi connectivity index (χ3v) is 5.27. The summed E-state index contributed by atoms with van der Waals surface area (Å²) in [6, 6.07) is 8.39. The molecule has 2 aromatic rings. The molecule has 6 heteroatoms. The van der Waals surface area contributed by atoms with Crippen molar-refractivity contribution in [2.45, 2.75) is 38.5 Å². The van der Waals surface area contributed by atoms with Gasteiger partial charge in [-0.1, -0.05) is 32.9 Å². The Morgan fingerprint density at radius 3 is 2.64 bits per heavy atom. The molecule has 1 fully saturated rings. The first-order chi connectivity index (χ1) is 13.4. The molecule has 1 aromatic heterocycles. The summed E-state index contributed by atoms with van der Waals surface area (Å²) in [5.41, 5.74) is 2.79. The van der Waals surface area contributed by atoms with Gasteiger partial charge in [-0.3, -0.25) is 9.67 Å². The second-order valence-corrected chi connectivity index (χ2v) is 8.48. The van der Waals surface area contributed by atoms with Gasteiger partial charge in [-0.25, -0.2) is 0 Å². The van der Waals surface area contributed by atoms with E-state index in [9.17, 15) is 0 Å². The van der Waals surface area contributed by atoms with E-state index >= 15 is 0 Å². The second kappa shape index (κ2) is 8.67. The molecule has 3 rings (SSSR count). The Morgan fingerprint density at radius 1 is 1.29 bits per heavy atom. The summed E-state index contributed by atoms with van der Waals surface area (Å²) in [6.07, 6.45) is 5.22. The predicted octanol–water partition coefficient (Wildman–Crippen LogP) is 3.16. The average molecular weight is 384 g/mol. The van der Waals surface area contributed by atoms with Crippen LogP contribution in [0.4, 0.5) is 0 Å². The van der Waals surface area contributed by atoms with Crippen LogP contribution in [-0.4, -0.2) is 53.9 Å². The van der Waals surface area contributed by atoms with Crippen LogP contribution < -0.4 is 10.1 Å². The van der Waals surface area contributed by atoms with E-state index in [4.69, 9.17) is 4.74 Å². The number of benzene rings is 1. The highest BCUT2D eigenvalue weighted by atomic mass is 16.5. The number of rotatable bonds is 5. The summed E-state index contributed by atoms with van der Waals surface area (Å²) in [5, 5.41) is 7.72. The average Bonchev–Trinajstić information content (AvgIpc) is 3.30. The zero-order chi connectivity index (χ0) is 20.1. The monoisotopic (exact) mass is 383 g/mol. The lowest BCUT2D eigenvalue weighted by Gasteiger charge is -2.22. The highest BCUT2D eigenvalue weighted by Crippen LogP contribution is 2.27. The van der Waals surface area contributed by atoms with Gasteiger partial charge < -0.3 is 15.0 Å². The Morgan fingerprint density at radius 2 is 2.04 bits per heavy atom. The normalized spacial score (nSPS) is 17.8. The summed E-state index contributed by atoms with van der Waals surface area (Å²) < 4.78 is 7.75.